The van der Waals surface area contributed by atoms with Crippen molar-refractivity contribution in [1.29, 1.82) is 0 Å². The van der Waals surface area contributed by atoms with Crippen molar-refractivity contribution in [3.8, 4) is 0 Å². The second-order valence-electron chi connectivity index (χ2n) is 4.65. The summed E-state index contributed by atoms with van der Waals surface area (Å²) in [5.74, 6) is -0.875. The van der Waals surface area contributed by atoms with E-state index >= 15 is 0 Å². The van der Waals surface area contributed by atoms with E-state index in [0.29, 0.717) is 6.54 Å². The second-order valence-corrected chi connectivity index (χ2v) is 4.65. The molecule has 0 bridgehead atoms. The van der Waals surface area contributed by atoms with Gasteiger partial charge >= 0.3 is 0 Å². The molecule has 4 nitrogen and oxygen atoms in total. The van der Waals surface area contributed by atoms with E-state index in [4.69, 9.17) is 5.11 Å². The number of piperidine rings is 1. The van der Waals surface area contributed by atoms with Crippen LogP contribution in [-0.2, 0) is 16.1 Å². The van der Waals surface area contributed by atoms with Crippen molar-refractivity contribution in [2.24, 2.45) is 17.8 Å². The molecule has 1 aromatic rings. The van der Waals surface area contributed by atoms with Gasteiger partial charge in [-0.05, 0) is 5.56 Å². The second kappa shape index (κ2) is 3.67. The zero-order valence-corrected chi connectivity index (χ0v) is 9.24. The minimum Gasteiger partial charge on any atom is -0.396 e. The van der Waals surface area contributed by atoms with Crippen molar-refractivity contribution in [3.05, 3.63) is 35.9 Å². The van der Waals surface area contributed by atoms with E-state index in [1.165, 1.54) is 4.90 Å². The van der Waals surface area contributed by atoms with E-state index < -0.39 is 0 Å². The highest BCUT2D eigenvalue weighted by molar-refractivity contribution is 6.09. The van der Waals surface area contributed by atoms with Crippen molar-refractivity contribution < 1.29 is 14.7 Å². The predicted molar refractivity (Wildman–Crippen MR) is 59.6 cm³/mol. The van der Waals surface area contributed by atoms with Gasteiger partial charge in [0, 0.05) is 12.5 Å². The molecular formula is C13H13NO3. The lowest BCUT2D eigenvalue weighted by atomic mass is 10.2. The van der Waals surface area contributed by atoms with Crippen molar-refractivity contribution in [2.45, 2.75) is 6.54 Å². The number of carbonyl (C=O) groups is 2. The van der Waals surface area contributed by atoms with E-state index in [-0.39, 0.29) is 36.2 Å². The maximum atomic E-state index is 11.9. The lowest BCUT2D eigenvalue weighted by Crippen LogP contribution is -2.34. The molecule has 3 atom stereocenters. The summed E-state index contributed by atoms with van der Waals surface area (Å²) < 4.78 is 0. The normalized spacial score (nSPS) is 30.6. The summed E-state index contributed by atoms with van der Waals surface area (Å²) >= 11 is 0. The van der Waals surface area contributed by atoms with Gasteiger partial charge in [0.2, 0.25) is 11.8 Å². The van der Waals surface area contributed by atoms with Crippen molar-refractivity contribution >= 4 is 11.8 Å². The van der Waals surface area contributed by atoms with Crippen LogP contribution in [0.25, 0.3) is 0 Å². The molecule has 1 aliphatic carbocycles. The summed E-state index contributed by atoms with van der Waals surface area (Å²) in [6, 6.07) is 9.47. The average molecular weight is 231 g/mol. The Hall–Kier alpha value is -1.68. The lowest BCUT2D eigenvalue weighted by molar-refractivity contribution is -0.143. The first-order valence-electron chi connectivity index (χ1n) is 5.74. The Morgan fingerprint density at radius 1 is 1.06 bits per heavy atom. The fraction of sp³-hybridized carbons (Fsp3) is 0.385. The molecule has 88 valence electrons. The van der Waals surface area contributed by atoms with E-state index in [1.807, 2.05) is 30.3 Å². The topological polar surface area (TPSA) is 57.6 Å². The van der Waals surface area contributed by atoms with E-state index in [2.05, 4.69) is 0 Å². The highest BCUT2D eigenvalue weighted by Crippen LogP contribution is 2.53. The van der Waals surface area contributed by atoms with Gasteiger partial charge in [-0.25, -0.2) is 0 Å². The molecular weight excluding hydrogens is 218 g/mol. The van der Waals surface area contributed by atoms with Crippen LogP contribution in [0.3, 0.4) is 0 Å². The first-order chi connectivity index (χ1) is 8.24. The molecule has 0 aromatic heterocycles. The van der Waals surface area contributed by atoms with Crippen LogP contribution in [0.15, 0.2) is 30.3 Å². The zero-order chi connectivity index (χ0) is 12.0. The average Bonchev–Trinajstić information content (AvgIpc) is 3.04. The highest BCUT2D eigenvalue weighted by atomic mass is 16.3. The summed E-state index contributed by atoms with van der Waals surface area (Å²) in [6.45, 7) is 0.287. The van der Waals surface area contributed by atoms with Crippen LogP contribution >= 0.6 is 0 Å². The highest BCUT2D eigenvalue weighted by Gasteiger charge is 2.66. The Balaban J connectivity index is 1.75. The van der Waals surface area contributed by atoms with Crippen LogP contribution in [0.4, 0.5) is 0 Å². The molecule has 1 aliphatic heterocycles. The molecule has 17 heavy (non-hydrogen) atoms. The molecule has 1 N–H and O–H groups in total. The fourth-order valence-corrected chi connectivity index (χ4v) is 2.66. The standard InChI is InChI=1S/C13H13NO3/c15-7-9-10-11(9)13(17)14(12(10)16)6-8-4-2-1-3-5-8/h1-5,9-11,15H,6-7H2/t9-,10-,11+. The van der Waals surface area contributed by atoms with Gasteiger partial charge in [-0.1, -0.05) is 30.3 Å². The molecule has 1 heterocycles. The van der Waals surface area contributed by atoms with Gasteiger partial charge in [0.1, 0.15) is 0 Å². The largest absolute Gasteiger partial charge is 0.396 e. The third kappa shape index (κ3) is 1.48. The number of likely N-dealkylation sites (tertiary alicyclic amines) is 1. The number of nitrogens with zero attached hydrogens (tertiary/aromatic N) is 1. The Kier molecular flexibility index (Phi) is 2.26. The number of hydrogen-bond donors (Lipinski definition) is 1. The Morgan fingerprint density at radius 2 is 1.65 bits per heavy atom. The quantitative estimate of drug-likeness (QED) is 0.766. The van der Waals surface area contributed by atoms with Crippen LogP contribution in [-0.4, -0.2) is 28.4 Å². The number of hydrogen-bond acceptors (Lipinski definition) is 3. The summed E-state index contributed by atoms with van der Waals surface area (Å²) in [5, 5.41) is 9.00. The zero-order valence-electron chi connectivity index (χ0n) is 9.24. The van der Waals surface area contributed by atoms with Crippen LogP contribution < -0.4 is 0 Å². The number of fused-ring (bicyclic) bond motifs is 1. The van der Waals surface area contributed by atoms with E-state index in [1.54, 1.807) is 0 Å². The van der Waals surface area contributed by atoms with Gasteiger partial charge in [0.25, 0.3) is 0 Å². The van der Waals surface area contributed by atoms with Gasteiger partial charge in [0.05, 0.1) is 18.4 Å². The monoisotopic (exact) mass is 231 g/mol. The lowest BCUT2D eigenvalue weighted by Gasteiger charge is -2.17. The number of aliphatic hydroxyl groups is 1. The minimum atomic E-state index is -0.254. The number of imide groups is 1. The number of benzene rings is 1. The predicted octanol–water partition coefficient (Wildman–Crippen LogP) is 0.410. The summed E-state index contributed by atoms with van der Waals surface area (Å²) in [4.78, 5) is 25.2. The van der Waals surface area contributed by atoms with Gasteiger partial charge in [0.15, 0.2) is 0 Å². The summed E-state index contributed by atoms with van der Waals surface area (Å²) in [6.07, 6.45) is 0. The molecule has 2 fully saturated rings. The van der Waals surface area contributed by atoms with Gasteiger partial charge in [-0.15, -0.1) is 0 Å². The van der Waals surface area contributed by atoms with Gasteiger partial charge < -0.3 is 5.11 Å². The molecule has 2 amide bonds. The van der Waals surface area contributed by atoms with Crippen LogP contribution in [0.1, 0.15) is 5.56 Å². The fourth-order valence-electron chi connectivity index (χ4n) is 2.66. The first kappa shape index (κ1) is 10.5. The van der Waals surface area contributed by atoms with Crippen molar-refractivity contribution in [3.63, 3.8) is 0 Å². The molecule has 1 aromatic carbocycles. The van der Waals surface area contributed by atoms with Crippen LogP contribution in [0, 0.1) is 17.8 Å². The third-order valence-electron chi connectivity index (χ3n) is 3.67. The summed E-state index contributed by atoms with van der Waals surface area (Å²) in [7, 11) is 0. The SMILES string of the molecule is O=C1[C@@H]2[C@@H](CO)[C@@H]2C(=O)N1Cc1ccccc1. The Labute approximate surface area is 98.9 Å². The number of rotatable bonds is 3. The maximum absolute atomic E-state index is 11.9. The molecule has 1 saturated heterocycles. The smallest absolute Gasteiger partial charge is 0.233 e. The van der Waals surface area contributed by atoms with E-state index in [0.717, 1.165) is 5.56 Å². The number of carbonyl (C=O) groups excluding carboxylic acids is 2. The van der Waals surface area contributed by atoms with Crippen LogP contribution in [0.2, 0.25) is 0 Å². The Bertz CT molecular complexity index is 449. The van der Waals surface area contributed by atoms with E-state index in [9.17, 15) is 9.59 Å². The number of aliphatic hydroxyl groups excluding tert-OH is 1. The van der Waals surface area contributed by atoms with Crippen LogP contribution in [0.5, 0.6) is 0 Å². The number of amides is 2. The Morgan fingerprint density at radius 3 is 2.18 bits per heavy atom. The van der Waals surface area contributed by atoms with Crippen molar-refractivity contribution in [1.82, 2.24) is 4.90 Å². The molecule has 1 saturated carbocycles. The third-order valence-corrected chi connectivity index (χ3v) is 3.67. The minimum absolute atomic E-state index is 0.0635. The van der Waals surface area contributed by atoms with Crippen molar-refractivity contribution in [2.75, 3.05) is 6.61 Å². The molecule has 0 unspecified atom stereocenters. The molecule has 4 heteroatoms. The molecule has 2 aliphatic rings. The van der Waals surface area contributed by atoms with Gasteiger partial charge in [-0.3, -0.25) is 14.5 Å². The molecule has 3 rings (SSSR count). The summed E-state index contributed by atoms with van der Waals surface area (Å²) in [5.41, 5.74) is 0.955. The maximum Gasteiger partial charge on any atom is 0.233 e. The first-order valence-corrected chi connectivity index (χ1v) is 5.74. The molecule has 0 spiro atoms. The molecule has 0 radical (unpaired) electrons. The van der Waals surface area contributed by atoms with Gasteiger partial charge in [-0.2, -0.15) is 0 Å².